The minimum atomic E-state index is -0.449. The minimum Gasteiger partial charge on any atom is -0.309 e. The van der Waals surface area contributed by atoms with E-state index in [4.69, 9.17) is 4.99 Å². The van der Waals surface area contributed by atoms with Crippen molar-refractivity contribution in [2.24, 2.45) is 4.99 Å². The highest BCUT2D eigenvalue weighted by Gasteiger charge is 2.44. The highest BCUT2D eigenvalue weighted by molar-refractivity contribution is 6.20. The molecule has 1 aromatic heterocycles. The first-order chi connectivity index (χ1) is 21.5. The zero-order valence-electron chi connectivity index (χ0n) is 25.2. The van der Waals surface area contributed by atoms with Crippen molar-refractivity contribution in [1.29, 1.82) is 0 Å². The van der Waals surface area contributed by atoms with Crippen molar-refractivity contribution in [3.63, 3.8) is 0 Å². The van der Waals surface area contributed by atoms with Gasteiger partial charge in [0.15, 0.2) is 0 Å². The van der Waals surface area contributed by atoms with Crippen LogP contribution in [0.25, 0.3) is 38.6 Å². The predicted octanol–water partition coefficient (Wildman–Crippen LogP) is 10.5. The molecule has 0 fully saturated rings. The maximum atomic E-state index is 5.42. The Kier molecular flexibility index (Phi) is 5.12. The number of hydrogen-bond donors (Lipinski definition) is 0. The lowest BCUT2D eigenvalue weighted by molar-refractivity contribution is 0.660. The number of hydrogen-bond acceptors (Lipinski definition) is 1. The van der Waals surface area contributed by atoms with Gasteiger partial charge in [0.25, 0.3) is 0 Å². The van der Waals surface area contributed by atoms with Gasteiger partial charge < -0.3 is 4.57 Å². The Morgan fingerprint density at radius 1 is 0.568 bits per heavy atom. The molecule has 210 valence electrons. The summed E-state index contributed by atoms with van der Waals surface area (Å²) in [6.45, 7) is 7.08. The van der Waals surface area contributed by atoms with Gasteiger partial charge in [-0.3, -0.25) is 4.99 Å². The van der Waals surface area contributed by atoms with E-state index >= 15 is 0 Å². The third kappa shape index (κ3) is 3.23. The second-order valence-corrected chi connectivity index (χ2v) is 12.9. The van der Waals surface area contributed by atoms with Crippen LogP contribution in [0.5, 0.6) is 0 Å². The molecule has 0 bridgehead atoms. The van der Waals surface area contributed by atoms with E-state index in [0.29, 0.717) is 0 Å². The van der Waals surface area contributed by atoms with Gasteiger partial charge in [0, 0.05) is 27.4 Å². The Morgan fingerprint density at radius 2 is 1.25 bits per heavy atom. The highest BCUT2D eigenvalue weighted by Crippen LogP contribution is 2.53. The summed E-state index contributed by atoms with van der Waals surface area (Å²) in [4.78, 5) is 5.42. The van der Waals surface area contributed by atoms with E-state index in [9.17, 15) is 0 Å². The third-order valence-electron chi connectivity index (χ3n) is 10.2. The van der Waals surface area contributed by atoms with Crippen LogP contribution in [-0.2, 0) is 10.8 Å². The molecule has 2 heteroatoms. The maximum Gasteiger partial charge on any atom is 0.0700 e. The molecule has 0 amide bonds. The lowest BCUT2D eigenvalue weighted by Gasteiger charge is -2.30. The monoisotopic (exact) mass is 564 g/mol. The van der Waals surface area contributed by atoms with Crippen LogP contribution in [0.2, 0.25) is 0 Å². The number of para-hydroxylation sites is 1. The Hall–Kier alpha value is -5.21. The van der Waals surface area contributed by atoms with Crippen LogP contribution in [0.4, 0.5) is 5.69 Å². The molecule has 2 nitrogen and oxygen atoms in total. The highest BCUT2D eigenvalue weighted by atomic mass is 15.0. The molecular weight excluding hydrogens is 532 g/mol. The van der Waals surface area contributed by atoms with Crippen LogP contribution in [0.15, 0.2) is 145 Å². The average molecular weight is 565 g/mol. The standard InChI is InChI=1S/C42H32N2/c1-41(2)34-20-12-10-18-30(34)31-23-22-29(26-35(31)41)44-37-21-13-11-19-32(37)33-24-25-36-38(39(33)44)42(3,28-16-8-5-9-17-28)40(43-36)27-14-6-4-7-15-27/h4-26H,1-3H3. The second kappa shape index (κ2) is 8.90. The molecule has 9 rings (SSSR count). The molecule has 1 aliphatic heterocycles. The summed E-state index contributed by atoms with van der Waals surface area (Å²) in [5, 5.41) is 2.52. The number of aromatic nitrogens is 1. The number of fused-ring (bicyclic) bond motifs is 8. The van der Waals surface area contributed by atoms with E-state index in [1.807, 2.05) is 0 Å². The van der Waals surface area contributed by atoms with Crippen molar-refractivity contribution < 1.29 is 0 Å². The Balaban J connectivity index is 1.38. The first kappa shape index (κ1) is 25.3. The largest absolute Gasteiger partial charge is 0.309 e. The molecule has 0 saturated carbocycles. The predicted molar refractivity (Wildman–Crippen MR) is 184 cm³/mol. The van der Waals surface area contributed by atoms with Crippen LogP contribution in [0, 0.1) is 0 Å². The topological polar surface area (TPSA) is 17.3 Å². The molecule has 1 atom stereocenters. The lowest BCUT2D eigenvalue weighted by Crippen LogP contribution is -2.32. The van der Waals surface area contributed by atoms with Gasteiger partial charge in [0.2, 0.25) is 0 Å². The summed E-state index contributed by atoms with van der Waals surface area (Å²) in [5.74, 6) is 0. The summed E-state index contributed by atoms with van der Waals surface area (Å²) >= 11 is 0. The van der Waals surface area contributed by atoms with Gasteiger partial charge in [-0.1, -0.05) is 129 Å². The Morgan fingerprint density at radius 3 is 2.07 bits per heavy atom. The molecule has 0 spiro atoms. The van der Waals surface area contributed by atoms with Gasteiger partial charge in [-0.25, -0.2) is 0 Å². The van der Waals surface area contributed by atoms with Crippen LogP contribution in [0.1, 0.15) is 48.6 Å². The van der Waals surface area contributed by atoms with Crippen LogP contribution in [0.3, 0.4) is 0 Å². The molecule has 2 heterocycles. The Bertz CT molecular complexity index is 2300. The summed E-state index contributed by atoms with van der Waals surface area (Å²) in [7, 11) is 0. The van der Waals surface area contributed by atoms with E-state index in [2.05, 4.69) is 165 Å². The minimum absolute atomic E-state index is 0.0786. The molecule has 6 aromatic carbocycles. The van der Waals surface area contributed by atoms with Crippen molar-refractivity contribution >= 4 is 33.2 Å². The first-order valence-corrected chi connectivity index (χ1v) is 15.5. The average Bonchev–Trinajstić information content (AvgIpc) is 3.65. The fourth-order valence-electron chi connectivity index (χ4n) is 8.09. The summed E-state index contributed by atoms with van der Waals surface area (Å²) < 4.78 is 2.51. The van der Waals surface area contributed by atoms with Crippen molar-refractivity contribution in [1.82, 2.24) is 4.57 Å². The summed E-state index contributed by atoms with van der Waals surface area (Å²) in [6.07, 6.45) is 0. The summed E-state index contributed by atoms with van der Waals surface area (Å²) in [5.41, 5.74) is 14.4. The summed E-state index contributed by atoms with van der Waals surface area (Å²) in [6, 6.07) is 50.9. The smallest absolute Gasteiger partial charge is 0.0700 e. The van der Waals surface area contributed by atoms with Crippen LogP contribution < -0.4 is 0 Å². The number of nitrogens with zero attached hydrogens (tertiary/aromatic N) is 2. The van der Waals surface area contributed by atoms with E-state index < -0.39 is 5.41 Å². The maximum absolute atomic E-state index is 5.42. The van der Waals surface area contributed by atoms with Gasteiger partial charge in [-0.15, -0.1) is 0 Å². The van der Waals surface area contributed by atoms with Gasteiger partial charge in [-0.05, 0) is 64.6 Å². The number of rotatable bonds is 3. The van der Waals surface area contributed by atoms with Crippen molar-refractivity contribution in [3.05, 3.63) is 167 Å². The van der Waals surface area contributed by atoms with Gasteiger partial charge >= 0.3 is 0 Å². The normalized spacial score (nSPS) is 17.8. The fraction of sp³-hybridized carbons (Fsp3) is 0.119. The molecule has 0 saturated heterocycles. The molecule has 0 radical (unpaired) electrons. The van der Waals surface area contributed by atoms with E-state index in [1.165, 1.54) is 60.9 Å². The molecule has 1 aliphatic carbocycles. The third-order valence-corrected chi connectivity index (χ3v) is 10.2. The SMILES string of the molecule is CC1(C)c2ccccc2-c2ccc(-n3c4ccccc4c4ccc5c(c43)C(C)(c3ccccc3)C(c3ccccc3)=N5)cc21. The molecule has 7 aromatic rings. The molecule has 44 heavy (non-hydrogen) atoms. The van der Waals surface area contributed by atoms with E-state index in [0.717, 1.165) is 17.0 Å². The van der Waals surface area contributed by atoms with Crippen LogP contribution >= 0.6 is 0 Å². The molecular formula is C42H32N2. The molecule has 0 N–H and O–H groups in total. The zero-order chi connectivity index (χ0) is 29.6. The van der Waals surface area contributed by atoms with Gasteiger partial charge in [0.05, 0.1) is 27.8 Å². The van der Waals surface area contributed by atoms with E-state index in [1.54, 1.807) is 0 Å². The lowest BCUT2D eigenvalue weighted by atomic mass is 9.71. The van der Waals surface area contributed by atoms with Crippen molar-refractivity contribution in [3.8, 4) is 16.8 Å². The van der Waals surface area contributed by atoms with Gasteiger partial charge in [0.1, 0.15) is 0 Å². The Labute approximate surface area is 258 Å². The zero-order valence-corrected chi connectivity index (χ0v) is 25.2. The van der Waals surface area contributed by atoms with Crippen molar-refractivity contribution in [2.45, 2.75) is 31.6 Å². The fourth-order valence-corrected chi connectivity index (χ4v) is 8.09. The van der Waals surface area contributed by atoms with Crippen molar-refractivity contribution in [2.75, 3.05) is 0 Å². The second-order valence-electron chi connectivity index (χ2n) is 12.9. The quantitative estimate of drug-likeness (QED) is 0.203. The van der Waals surface area contributed by atoms with Gasteiger partial charge in [-0.2, -0.15) is 0 Å². The molecule has 2 aliphatic rings. The van der Waals surface area contributed by atoms with E-state index in [-0.39, 0.29) is 5.41 Å². The first-order valence-electron chi connectivity index (χ1n) is 15.5. The molecule has 1 unspecified atom stereocenters. The number of aliphatic imine (C=N–C) groups is 1. The van der Waals surface area contributed by atoms with Crippen LogP contribution in [-0.4, -0.2) is 10.3 Å². The number of benzene rings is 6.